The van der Waals surface area contributed by atoms with E-state index in [0.717, 1.165) is 15.6 Å². The first-order chi connectivity index (χ1) is 13.7. The van der Waals surface area contributed by atoms with E-state index in [1.165, 1.54) is 17.1 Å². The van der Waals surface area contributed by atoms with Crippen LogP contribution in [0.4, 0.5) is 5.95 Å². The van der Waals surface area contributed by atoms with Crippen LogP contribution in [0.1, 0.15) is 11.1 Å². The average Bonchev–Trinajstić information content (AvgIpc) is 3.25. The van der Waals surface area contributed by atoms with Crippen molar-refractivity contribution >= 4 is 38.9 Å². The van der Waals surface area contributed by atoms with Gasteiger partial charge in [0, 0.05) is 6.21 Å². The summed E-state index contributed by atoms with van der Waals surface area (Å²) in [4.78, 5) is 8.21. The van der Waals surface area contributed by atoms with Gasteiger partial charge in [0.2, 0.25) is 5.95 Å². The third-order valence-corrected chi connectivity index (χ3v) is 4.83. The fraction of sp³-hybridized carbons (Fsp3) is 0.0952. The number of nitrogens with zero attached hydrogens (tertiary/aromatic N) is 3. The van der Waals surface area contributed by atoms with Gasteiger partial charge in [0.1, 0.15) is 12.9 Å². The maximum Gasteiger partial charge on any atom is 0.245 e. The molecular weight excluding hydrogens is 420 g/mol. The normalized spacial score (nSPS) is 11.2. The van der Waals surface area contributed by atoms with Crippen molar-refractivity contribution in [2.75, 3.05) is 7.11 Å². The van der Waals surface area contributed by atoms with E-state index >= 15 is 0 Å². The third-order valence-electron chi connectivity index (χ3n) is 4.24. The highest BCUT2D eigenvalue weighted by Gasteiger charge is 2.12. The number of hydrogen-bond acceptors (Lipinski definition) is 5. The smallest absolute Gasteiger partial charge is 0.245 e. The van der Waals surface area contributed by atoms with Crippen LogP contribution >= 0.6 is 15.9 Å². The van der Waals surface area contributed by atoms with E-state index < -0.39 is 0 Å². The number of ether oxygens (including phenoxy) is 2. The zero-order chi connectivity index (χ0) is 19.3. The van der Waals surface area contributed by atoms with E-state index in [4.69, 9.17) is 9.47 Å². The summed E-state index contributed by atoms with van der Waals surface area (Å²) in [5.41, 5.74) is 1.96. The van der Waals surface area contributed by atoms with Gasteiger partial charge in [0.25, 0.3) is 0 Å². The summed E-state index contributed by atoms with van der Waals surface area (Å²) in [6, 6.07) is 18.2. The number of fused-ring (bicyclic) bond motifs is 1. The summed E-state index contributed by atoms with van der Waals surface area (Å²) >= 11 is 3.58. The third kappa shape index (κ3) is 3.89. The molecule has 0 aliphatic rings. The van der Waals surface area contributed by atoms with Gasteiger partial charge in [-0.2, -0.15) is 10.1 Å². The molecule has 0 amide bonds. The van der Waals surface area contributed by atoms with Crippen LogP contribution in [0.15, 0.2) is 70.4 Å². The Morgan fingerprint density at radius 3 is 2.82 bits per heavy atom. The second-order valence-electron chi connectivity index (χ2n) is 6.03. The van der Waals surface area contributed by atoms with Crippen LogP contribution in [0.25, 0.3) is 10.8 Å². The largest absolute Gasteiger partial charge is 0.493 e. The molecule has 1 heterocycles. The van der Waals surface area contributed by atoms with Gasteiger partial charge in [0.05, 0.1) is 11.6 Å². The molecule has 3 aromatic carbocycles. The van der Waals surface area contributed by atoms with Crippen LogP contribution < -0.4 is 9.47 Å². The highest BCUT2D eigenvalue weighted by molar-refractivity contribution is 9.10. The standard InChI is InChI=1S/C21H17BrN4O2/c1-27-19-10-14(11-23-21-24-13-25-26-21)9-18(22)20(19)28-12-16-7-4-6-15-5-2-3-8-17(15)16/h2-11,13H,12H2,1H3,(H,24,25,26)/b23-11+. The van der Waals surface area contributed by atoms with Gasteiger partial charge in [0.15, 0.2) is 11.5 Å². The maximum absolute atomic E-state index is 6.11. The first kappa shape index (κ1) is 18.2. The van der Waals surface area contributed by atoms with E-state index in [-0.39, 0.29) is 0 Å². The zero-order valence-electron chi connectivity index (χ0n) is 15.1. The van der Waals surface area contributed by atoms with E-state index in [9.17, 15) is 0 Å². The number of H-pyrrole nitrogens is 1. The van der Waals surface area contributed by atoms with E-state index in [1.54, 1.807) is 13.3 Å². The lowest BCUT2D eigenvalue weighted by Gasteiger charge is -2.14. The number of nitrogens with one attached hydrogen (secondary N) is 1. The van der Waals surface area contributed by atoms with Gasteiger partial charge in [-0.3, -0.25) is 0 Å². The summed E-state index contributed by atoms with van der Waals surface area (Å²) in [5.74, 6) is 1.70. The molecule has 140 valence electrons. The number of halogens is 1. The predicted octanol–water partition coefficient (Wildman–Crippen LogP) is 5.06. The lowest BCUT2D eigenvalue weighted by Crippen LogP contribution is -2.00. The summed E-state index contributed by atoms with van der Waals surface area (Å²) < 4.78 is 12.4. The molecule has 0 atom stereocenters. The highest BCUT2D eigenvalue weighted by Crippen LogP contribution is 2.37. The van der Waals surface area contributed by atoms with Crippen LogP contribution in [-0.4, -0.2) is 28.5 Å². The Kier molecular flexibility index (Phi) is 5.34. The molecule has 4 rings (SSSR count). The first-order valence-corrected chi connectivity index (χ1v) is 9.40. The minimum Gasteiger partial charge on any atom is -0.493 e. The van der Waals surface area contributed by atoms with Crippen molar-refractivity contribution in [2.45, 2.75) is 6.61 Å². The van der Waals surface area contributed by atoms with Crippen molar-refractivity contribution in [2.24, 2.45) is 4.99 Å². The second-order valence-corrected chi connectivity index (χ2v) is 6.88. The minimum atomic E-state index is 0.432. The van der Waals surface area contributed by atoms with Crippen LogP contribution in [0.2, 0.25) is 0 Å². The highest BCUT2D eigenvalue weighted by atomic mass is 79.9. The van der Waals surface area contributed by atoms with E-state index in [1.807, 2.05) is 30.3 Å². The first-order valence-electron chi connectivity index (χ1n) is 8.61. The van der Waals surface area contributed by atoms with Crippen LogP contribution in [-0.2, 0) is 6.61 Å². The van der Waals surface area contributed by atoms with Crippen molar-refractivity contribution < 1.29 is 9.47 Å². The molecule has 0 spiro atoms. The van der Waals surface area contributed by atoms with E-state index in [2.05, 4.69) is 60.4 Å². The molecule has 0 unspecified atom stereocenters. The Balaban J connectivity index is 1.59. The molecule has 0 aliphatic heterocycles. The van der Waals surface area contributed by atoms with Gasteiger partial charge < -0.3 is 9.47 Å². The quantitative estimate of drug-likeness (QED) is 0.428. The fourth-order valence-corrected chi connectivity index (χ4v) is 3.49. The topological polar surface area (TPSA) is 72.4 Å². The average molecular weight is 437 g/mol. The molecule has 0 radical (unpaired) electrons. The van der Waals surface area contributed by atoms with Crippen molar-refractivity contribution in [3.8, 4) is 11.5 Å². The van der Waals surface area contributed by atoms with Crippen molar-refractivity contribution in [1.29, 1.82) is 0 Å². The Hall–Kier alpha value is -3.19. The van der Waals surface area contributed by atoms with Gasteiger partial charge in [-0.15, -0.1) is 0 Å². The minimum absolute atomic E-state index is 0.432. The zero-order valence-corrected chi connectivity index (χ0v) is 16.7. The Bertz CT molecular complexity index is 1120. The van der Waals surface area contributed by atoms with Crippen LogP contribution in [0.5, 0.6) is 11.5 Å². The lowest BCUT2D eigenvalue weighted by atomic mass is 10.1. The van der Waals surface area contributed by atoms with Gasteiger partial charge in [-0.05, 0) is 50.0 Å². The molecule has 1 N–H and O–H groups in total. The SMILES string of the molecule is COc1cc(/C=N/c2ncn[nH]2)cc(Br)c1OCc1cccc2ccccc12. The van der Waals surface area contributed by atoms with Crippen LogP contribution in [0.3, 0.4) is 0 Å². The molecule has 6 nitrogen and oxygen atoms in total. The molecular formula is C21H17BrN4O2. The number of hydrogen-bond donors (Lipinski definition) is 1. The fourth-order valence-electron chi connectivity index (χ4n) is 2.92. The number of aromatic amines is 1. The summed E-state index contributed by atoms with van der Waals surface area (Å²) in [6.07, 6.45) is 3.09. The molecule has 0 aliphatic carbocycles. The number of benzene rings is 3. The molecule has 0 fully saturated rings. The predicted molar refractivity (Wildman–Crippen MR) is 113 cm³/mol. The summed E-state index contributed by atoms with van der Waals surface area (Å²) in [6.45, 7) is 0.432. The number of methoxy groups -OCH3 is 1. The molecule has 1 aromatic heterocycles. The Labute approximate surface area is 170 Å². The number of aromatic nitrogens is 3. The number of rotatable bonds is 6. The van der Waals surface area contributed by atoms with Crippen molar-refractivity contribution in [1.82, 2.24) is 15.2 Å². The molecule has 28 heavy (non-hydrogen) atoms. The molecule has 0 bridgehead atoms. The maximum atomic E-state index is 6.11. The monoisotopic (exact) mass is 436 g/mol. The van der Waals surface area contributed by atoms with Gasteiger partial charge in [-0.25, -0.2) is 10.1 Å². The molecule has 4 aromatic rings. The molecule has 0 saturated carbocycles. The Morgan fingerprint density at radius 2 is 2.00 bits per heavy atom. The molecule has 0 saturated heterocycles. The Morgan fingerprint density at radius 1 is 1.14 bits per heavy atom. The summed E-state index contributed by atoms with van der Waals surface area (Å²) in [5, 5.41) is 8.82. The van der Waals surface area contributed by atoms with Gasteiger partial charge in [-0.1, -0.05) is 42.5 Å². The van der Waals surface area contributed by atoms with Gasteiger partial charge >= 0.3 is 0 Å². The summed E-state index contributed by atoms with van der Waals surface area (Å²) in [7, 11) is 1.62. The van der Waals surface area contributed by atoms with Crippen molar-refractivity contribution in [3.63, 3.8) is 0 Å². The second kappa shape index (κ2) is 8.22. The van der Waals surface area contributed by atoms with Crippen molar-refractivity contribution in [3.05, 3.63) is 76.5 Å². The number of aliphatic imine (C=N–C) groups is 1. The lowest BCUT2D eigenvalue weighted by molar-refractivity contribution is 0.283. The van der Waals surface area contributed by atoms with E-state index in [0.29, 0.717) is 24.1 Å². The van der Waals surface area contributed by atoms with Crippen LogP contribution in [0, 0.1) is 0 Å². The molecule has 7 heteroatoms.